The van der Waals surface area contributed by atoms with Crippen molar-refractivity contribution >= 4 is 40.7 Å². The van der Waals surface area contributed by atoms with Crippen LogP contribution in [0.15, 0.2) is 0 Å². The molecule has 15 heavy (non-hydrogen) atoms. The maximum absolute atomic E-state index is 11.6. The molecule has 2 rings (SSSR count). The Hall–Kier alpha value is 0.300. The molecular formula is C9H12Cl3NO2. The summed E-state index contributed by atoms with van der Waals surface area (Å²) in [5.41, 5.74) is -0.579. The van der Waals surface area contributed by atoms with Gasteiger partial charge in [0, 0.05) is 0 Å². The Bertz CT molecular complexity index is 271. The molecule has 0 radical (unpaired) electrons. The van der Waals surface area contributed by atoms with Crippen molar-refractivity contribution in [3.05, 3.63) is 0 Å². The van der Waals surface area contributed by atoms with Crippen molar-refractivity contribution in [1.82, 2.24) is 5.32 Å². The van der Waals surface area contributed by atoms with E-state index in [0.717, 1.165) is 25.7 Å². The predicted octanol–water partition coefficient (Wildman–Crippen LogP) is 2.53. The van der Waals surface area contributed by atoms with Crippen LogP contribution >= 0.6 is 34.8 Å². The molecule has 1 heterocycles. The van der Waals surface area contributed by atoms with Crippen molar-refractivity contribution in [3.63, 3.8) is 0 Å². The van der Waals surface area contributed by atoms with Gasteiger partial charge in [0.25, 0.3) is 5.91 Å². The van der Waals surface area contributed by atoms with Gasteiger partial charge in [-0.1, -0.05) is 41.2 Å². The van der Waals surface area contributed by atoms with Gasteiger partial charge in [-0.25, -0.2) is 0 Å². The Morgan fingerprint density at radius 1 is 1.27 bits per heavy atom. The summed E-state index contributed by atoms with van der Waals surface area (Å²) in [6, 6.07) is 0. The fourth-order valence-electron chi connectivity index (χ4n) is 2.18. The Morgan fingerprint density at radius 3 is 2.33 bits per heavy atom. The average molecular weight is 273 g/mol. The van der Waals surface area contributed by atoms with Crippen LogP contribution in [-0.4, -0.2) is 21.5 Å². The third kappa shape index (κ3) is 2.36. The standard InChI is InChI=1S/C9H12Cl3NO2/c10-9(11,12)6-7(14)13-8(15-6)4-2-1-3-5-8/h6H,1-5H2,(H,13,14). The van der Waals surface area contributed by atoms with Gasteiger partial charge in [0.15, 0.2) is 6.10 Å². The number of alkyl halides is 3. The van der Waals surface area contributed by atoms with Crippen molar-refractivity contribution < 1.29 is 9.53 Å². The minimum Gasteiger partial charge on any atom is -0.338 e. The average Bonchev–Trinajstić information content (AvgIpc) is 2.44. The second-order valence-electron chi connectivity index (χ2n) is 4.08. The molecule has 6 heteroatoms. The smallest absolute Gasteiger partial charge is 0.255 e. The molecule has 86 valence electrons. The number of nitrogens with one attached hydrogen (secondary N) is 1. The van der Waals surface area contributed by atoms with Crippen molar-refractivity contribution in [2.75, 3.05) is 0 Å². The van der Waals surface area contributed by atoms with Gasteiger partial charge < -0.3 is 10.1 Å². The molecule has 1 amide bonds. The molecule has 3 nitrogen and oxygen atoms in total. The molecule has 2 aliphatic rings. The fraction of sp³-hybridized carbons (Fsp3) is 0.889. The number of carbonyl (C=O) groups excluding carboxylic acids is 1. The first-order valence-electron chi connectivity index (χ1n) is 5.00. The summed E-state index contributed by atoms with van der Waals surface area (Å²) in [6.07, 6.45) is 3.85. The summed E-state index contributed by atoms with van der Waals surface area (Å²) in [7, 11) is 0. The largest absolute Gasteiger partial charge is 0.338 e. The molecule has 1 spiro atoms. The SMILES string of the molecule is O=C1NC2(CCCCC2)OC1C(Cl)(Cl)Cl. The van der Waals surface area contributed by atoms with Gasteiger partial charge in [-0.2, -0.15) is 0 Å². The van der Waals surface area contributed by atoms with Crippen molar-refractivity contribution in [2.45, 2.75) is 47.7 Å². The highest BCUT2D eigenvalue weighted by molar-refractivity contribution is 6.68. The number of ether oxygens (including phenoxy) is 1. The summed E-state index contributed by atoms with van der Waals surface area (Å²) >= 11 is 17.0. The Morgan fingerprint density at radius 2 is 1.87 bits per heavy atom. The lowest BCUT2D eigenvalue weighted by atomic mass is 9.92. The van der Waals surface area contributed by atoms with Crippen molar-refractivity contribution in [1.29, 1.82) is 0 Å². The molecule has 0 aromatic heterocycles. The maximum Gasteiger partial charge on any atom is 0.255 e. The minimum atomic E-state index is -1.69. The number of carbonyl (C=O) groups is 1. The lowest BCUT2D eigenvalue weighted by molar-refractivity contribution is -0.124. The lowest BCUT2D eigenvalue weighted by Crippen LogP contribution is -2.44. The van der Waals surface area contributed by atoms with Crippen LogP contribution in [0, 0.1) is 0 Å². The van der Waals surface area contributed by atoms with Gasteiger partial charge in [-0.05, 0) is 25.7 Å². The zero-order valence-corrected chi connectivity index (χ0v) is 10.3. The summed E-state index contributed by atoms with van der Waals surface area (Å²) in [5, 5.41) is 2.81. The highest BCUT2D eigenvalue weighted by atomic mass is 35.6. The Balaban J connectivity index is 2.12. The molecule has 0 bridgehead atoms. The fourth-order valence-corrected chi connectivity index (χ4v) is 2.61. The number of halogens is 3. The molecule has 0 aromatic carbocycles. The third-order valence-corrected chi connectivity index (χ3v) is 3.49. The quantitative estimate of drug-likeness (QED) is 0.688. The molecule has 1 aliphatic heterocycles. The van der Waals surface area contributed by atoms with E-state index in [1.54, 1.807) is 0 Å². The lowest BCUT2D eigenvalue weighted by Gasteiger charge is -2.32. The summed E-state index contributed by atoms with van der Waals surface area (Å²) in [4.78, 5) is 11.6. The van der Waals surface area contributed by atoms with E-state index >= 15 is 0 Å². The molecule has 2 fully saturated rings. The van der Waals surface area contributed by atoms with Gasteiger partial charge in [-0.3, -0.25) is 4.79 Å². The van der Waals surface area contributed by atoms with Crippen LogP contribution in [0.5, 0.6) is 0 Å². The maximum atomic E-state index is 11.6. The van der Waals surface area contributed by atoms with Crippen molar-refractivity contribution in [2.24, 2.45) is 0 Å². The summed E-state index contributed by atoms with van der Waals surface area (Å²) in [5.74, 6) is -0.322. The van der Waals surface area contributed by atoms with Gasteiger partial charge >= 0.3 is 0 Å². The van der Waals surface area contributed by atoms with E-state index in [4.69, 9.17) is 39.5 Å². The minimum absolute atomic E-state index is 0.322. The third-order valence-electron chi connectivity index (χ3n) is 2.89. The molecule has 1 unspecified atom stereocenters. The number of rotatable bonds is 0. The second kappa shape index (κ2) is 3.95. The summed E-state index contributed by atoms with van der Waals surface area (Å²) in [6.45, 7) is 0. The van der Waals surface area contributed by atoms with Gasteiger partial charge in [0.05, 0.1) is 0 Å². The van der Waals surface area contributed by atoms with E-state index in [1.165, 1.54) is 6.42 Å². The topological polar surface area (TPSA) is 38.3 Å². The van der Waals surface area contributed by atoms with Crippen LogP contribution in [0.25, 0.3) is 0 Å². The molecule has 1 saturated heterocycles. The van der Waals surface area contributed by atoms with Crippen molar-refractivity contribution in [3.8, 4) is 0 Å². The van der Waals surface area contributed by atoms with Gasteiger partial charge in [-0.15, -0.1) is 0 Å². The van der Waals surface area contributed by atoms with Crippen LogP contribution in [0.4, 0.5) is 0 Å². The van der Waals surface area contributed by atoms with Gasteiger partial charge in [0.1, 0.15) is 5.72 Å². The van der Waals surface area contributed by atoms with Crippen LogP contribution < -0.4 is 5.32 Å². The van der Waals surface area contributed by atoms with Crippen LogP contribution in [0.1, 0.15) is 32.1 Å². The molecular weight excluding hydrogens is 260 g/mol. The first-order valence-corrected chi connectivity index (χ1v) is 6.13. The Labute approximate surface area is 103 Å². The normalized spacial score (nSPS) is 30.6. The van der Waals surface area contributed by atoms with Crippen LogP contribution in [-0.2, 0) is 9.53 Å². The molecule has 1 N–H and O–H groups in total. The monoisotopic (exact) mass is 271 g/mol. The van der Waals surface area contributed by atoms with Crippen LogP contribution in [0.3, 0.4) is 0 Å². The molecule has 1 atom stereocenters. The molecule has 1 aliphatic carbocycles. The first-order chi connectivity index (χ1) is 6.93. The highest BCUT2D eigenvalue weighted by Gasteiger charge is 2.53. The predicted molar refractivity (Wildman–Crippen MR) is 59.1 cm³/mol. The molecule has 1 saturated carbocycles. The van der Waals surface area contributed by atoms with E-state index in [2.05, 4.69) is 5.32 Å². The highest BCUT2D eigenvalue weighted by Crippen LogP contribution is 2.41. The van der Waals surface area contributed by atoms with E-state index in [9.17, 15) is 4.79 Å². The number of hydrogen-bond acceptors (Lipinski definition) is 2. The zero-order chi connectivity index (χ0) is 11.1. The first kappa shape index (κ1) is 11.8. The van der Waals surface area contributed by atoms with Crippen LogP contribution in [0.2, 0.25) is 0 Å². The Kier molecular flexibility index (Phi) is 3.10. The number of hydrogen-bond donors (Lipinski definition) is 1. The van der Waals surface area contributed by atoms with E-state index in [0.29, 0.717) is 0 Å². The second-order valence-corrected chi connectivity index (χ2v) is 6.45. The van der Waals surface area contributed by atoms with Gasteiger partial charge in [0.2, 0.25) is 3.79 Å². The zero-order valence-electron chi connectivity index (χ0n) is 8.06. The number of amides is 1. The molecule has 0 aromatic rings. The van der Waals surface area contributed by atoms with E-state index in [-0.39, 0.29) is 5.91 Å². The van der Waals surface area contributed by atoms with E-state index < -0.39 is 15.6 Å². The summed E-state index contributed by atoms with van der Waals surface area (Å²) < 4.78 is 3.92. The van der Waals surface area contributed by atoms with E-state index in [1.807, 2.05) is 0 Å².